The first-order chi connectivity index (χ1) is 18.4. The van der Waals surface area contributed by atoms with Gasteiger partial charge in [0, 0.05) is 58.8 Å². The topological polar surface area (TPSA) is 126 Å². The molecule has 2 atom stereocenters. The van der Waals surface area contributed by atoms with Gasteiger partial charge in [0.05, 0.1) is 56.1 Å². The Kier molecular flexibility index (Phi) is 8.22. The molecule has 0 aromatic carbocycles. The van der Waals surface area contributed by atoms with Crippen molar-refractivity contribution in [2.45, 2.75) is 38.0 Å². The maximum Gasteiger partial charge on any atom is 0.363 e. The highest BCUT2D eigenvalue weighted by Crippen LogP contribution is 2.24. The number of nitro groups is 1. The quantitative estimate of drug-likeness (QED) is 0.450. The SMILES string of the molecule is C[C@H]1CN(C2COC2)CCN1c1ccc(N)nc1.C[C@H]1CN(C2COC2)CCN1c1ccc([N+](=O)[O-])nc1.[HH]. The van der Waals surface area contributed by atoms with Crippen molar-refractivity contribution in [3.05, 3.63) is 46.8 Å². The Bertz CT molecular complexity index is 1070. The van der Waals surface area contributed by atoms with Crippen LogP contribution in [-0.2, 0) is 9.47 Å². The lowest BCUT2D eigenvalue weighted by Crippen LogP contribution is -2.59. The fourth-order valence-electron chi connectivity index (χ4n) is 5.49. The Balaban J connectivity index is 0.000000177. The number of aromatic nitrogens is 2. The van der Waals surface area contributed by atoms with Crippen LogP contribution in [0.3, 0.4) is 0 Å². The lowest BCUT2D eigenvalue weighted by Gasteiger charge is -2.46. The molecule has 4 aliphatic rings. The van der Waals surface area contributed by atoms with Crippen LogP contribution in [0.4, 0.5) is 23.0 Å². The molecule has 4 saturated heterocycles. The number of piperazine rings is 2. The number of anilines is 3. The second-order valence-corrected chi connectivity index (χ2v) is 10.5. The Hall–Kier alpha value is -3.06. The van der Waals surface area contributed by atoms with Crippen molar-refractivity contribution in [1.82, 2.24) is 19.8 Å². The fourth-order valence-corrected chi connectivity index (χ4v) is 5.49. The molecule has 2 N–H and O–H groups in total. The highest BCUT2D eigenvalue weighted by molar-refractivity contribution is 5.49. The van der Waals surface area contributed by atoms with Gasteiger partial charge in [0.2, 0.25) is 0 Å². The molecular weight excluding hydrogens is 488 g/mol. The van der Waals surface area contributed by atoms with E-state index in [1.54, 1.807) is 12.3 Å². The van der Waals surface area contributed by atoms with Crippen LogP contribution in [0, 0.1) is 10.1 Å². The zero-order chi connectivity index (χ0) is 26.6. The van der Waals surface area contributed by atoms with Gasteiger partial charge in [-0.25, -0.2) is 4.98 Å². The summed E-state index contributed by atoms with van der Waals surface area (Å²) in [5.74, 6) is 0.475. The van der Waals surface area contributed by atoms with Crippen molar-refractivity contribution < 1.29 is 15.8 Å². The minimum absolute atomic E-state index is 0. The van der Waals surface area contributed by atoms with E-state index in [0.717, 1.165) is 71.4 Å². The van der Waals surface area contributed by atoms with Crippen LogP contribution in [0.2, 0.25) is 0 Å². The lowest BCUT2D eigenvalue weighted by atomic mass is 10.1. The number of nitrogen functional groups attached to an aromatic ring is 1. The standard InChI is InChI=1S/C13H18N4O3.C13H20N4O.H2/c1-10-7-15(12-8-20-9-12)4-5-16(10)11-2-3-13(14-6-11)17(18)19;1-10-7-16(12-8-18-9-12)4-5-17(10)11-2-3-13(14)15-6-11;/h2-3,6,10,12H,4-5,7-9H2,1H3;2-3,6,10,12H,4-5,7-9H2,1H3,(H2,14,15);1H/t2*10-;/m00./s1. The van der Waals surface area contributed by atoms with Crippen LogP contribution in [0.25, 0.3) is 0 Å². The number of nitrogens with zero attached hydrogens (tertiary/aromatic N) is 7. The van der Waals surface area contributed by atoms with Crippen molar-refractivity contribution in [3.8, 4) is 0 Å². The molecule has 0 saturated carbocycles. The molecule has 12 nitrogen and oxygen atoms in total. The molecule has 4 fully saturated rings. The summed E-state index contributed by atoms with van der Waals surface area (Å²) in [6.07, 6.45) is 3.46. The van der Waals surface area contributed by atoms with Crippen molar-refractivity contribution in [3.63, 3.8) is 0 Å². The summed E-state index contributed by atoms with van der Waals surface area (Å²) in [7, 11) is 0. The van der Waals surface area contributed by atoms with Crippen molar-refractivity contribution in [2.24, 2.45) is 0 Å². The number of rotatable bonds is 5. The Morgan fingerprint density at radius 1 is 0.842 bits per heavy atom. The van der Waals surface area contributed by atoms with E-state index in [9.17, 15) is 10.1 Å². The van der Waals surface area contributed by atoms with E-state index in [-0.39, 0.29) is 7.24 Å². The summed E-state index contributed by atoms with van der Waals surface area (Å²) in [6.45, 7) is 14.1. The third-order valence-electron chi connectivity index (χ3n) is 7.94. The second kappa shape index (κ2) is 11.8. The minimum Gasteiger partial charge on any atom is -0.384 e. The number of ether oxygens (including phenoxy) is 2. The highest BCUT2D eigenvalue weighted by atomic mass is 16.6. The molecular formula is C26H40N8O4. The predicted molar refractivity (Wildman–Crippen MR) is 148 cm³/mol. The van der Waals surface area contributed by atoms with Gasteiger partial charge in [-0.3, -0.25) is 9.80 Å². The average Bonchev–Trinajstić information content (AvgIpc) is 2.83. The molecule has 4 aliphatic heterocycles. The van der Waals surface area contributed by atoms with Crippen molar-refractivity contribution in [2.75, 3.05) is 81.2 Å². The normalized spacial score (nSPS) is 25.2. The Morgan fingerprint density at radius 3 is 1.68 bits per heavy atom. The molecule has 2 aromatic rings. The summed E-state index contributed by atoms with van der Waals surface area (Å²) >= 11 is 0. The Morgan fingerprint density at radius 2 is 1.34 bits per heavy atom. The largest absolute Gasteiger partial charge is 0.384 e. The van der Waals surface area contributed by atoms with E-state index in [4.69, 9.17) is 15.2 Å². The van der Waals surface area contributed by atoms with Gasteiger partial charge in [-0.05, 0) is 42.0 Å². The smallest absolute Gasteiger partial charge is 0.363 e. The van der Waals surface area contributed by atoms with Crippen LogP contribution >= 0.6 is 0 Å². The number of pyridine rings is 2. The Labute approximate surface area is 224 Å². The number of hydrogen-bond acceptors (Lipinski definition) is 11. The third-order valence-corrected chi connectivity index (χ3v) is 7.94. The van der Waals surface area contributed by atoms with E-state index >= 15 is 0 Å². The van der Waals surface area contributed by atoms with Gasteiger partial charge in [-0.2, -0.15) is 0 Å². The van der Waals surface area contributed by atoms with E-state index in [1.807, 2.05) is 12.3 Å². The molecule has 0 amide bonds. The molecule has 0 radical (unpaired) electrons. The first-order valence-electron chi connectivity index (χ1n) is 13.4. The molecule has 0 unspecified atom stereocenters. The highest BCUT2D eigenvalue weighted by Gasteiger charge is 2.33. The first kappa shape index (κ1) is 26.5. The van der Waals surface area contributed by atoms with Gasteiger partial charge in [0.25, 0.3) is 0 Å². The van der Waals surface area contributed by atoms with Crippen LogP contribution in [0.1, 0.15) is 15.3 Å². The van der Waals surface area contributed by atoms with E-state index in [1.165, 1.54) is 11.8 Å². The number of hydrogen-bond donors (Lipinski definition) is 1. The molecule has 208 valence electrons. The average molecular weight is 529 g/mol. The molecule has 0 bridgehead atoms. The summed E-state index contributed by atoms with van der Waals surface area (Å²) in [4.78, 5) is 27.9. The molecule has 6 rings (SSSR count). The van der Waals surface area contributed by atoms with Crippen LogP contribution < -0.4 is 15.5 Å². The zero-order valence-electron chi connectivity index (χ0n) is 22.2. The van der Waals surface area contributed by atoms with Crippen molar-refractivity contribution >= 4 is 23.0 Å². The van der Waals surface area contributed by atoms with Crippen LogP contribution in [0.15, 0.2) is 36.7 Å². The summed E-state index contributed by atoms with van der Waals surface area (Å²) in [5, 5.41) is 10.6. The monoisotopic (exact) mass is 528 g/mol. The summed E-state index contributed by atoms with van der Waals surface area (Å²) in [5.41, 5.74) is 7.75. The maximum atomic E-state index is 10.6. The number of nitrogens with two attached hydrogens (primary N) is 1. The molecule has 0 spiro atoms. The van der Waals surface area contributed by atoms with E-state index in [2.05, 4.69) is 49.5 Å². The van der Waals surface area contributed by atoms with E-state index in [0.29, 0.717) is 30.0 Å². The second-order valence-electron chi connectivity index (χ2n) is 10.5. The molecule has 0 aliphatic carbocycles. The predicted octanol–water partition coefficient (Wildman–Crippen LogP) is 1.72. The minimum atomic E-state index is -0.470. The lowest BCUT2D eigenvalue weighted by molar-refractivity contribution is -0.389. The fraction of sp³-hybridized carbons (Fsp3) is 0.615. The summed E-state index contributed by atoms with van der Waals surface area (Å²) in [6, 6.07) is 9.25. The molecule has 6 heterocycles. The van der Waals surface area contributed by atoms with Gasteiger partial charge in [-0.15, -0.1) is 0 Å². The van der Waals surface area contributed by atoms with Gasteiger partial charge in [-0.1, -0.05) is 0 Å². The zero-order valence-corrected chi connectivity index (χ0v) is 22.2. The first-order valence-corrected chi connectivity index (χ1v) is 13.4. The third kappa shape index (κ3) is 5.98. The van der Waals surface area contributed by atoms with Gasteiger partial charge < -0.3 is 35.1 Å². The van der Waals surface area contributed by atoms with Crippen LogP contribution in [-0.4, -0.2) is 115 Å². The molecule has 2 aromatic heterocycles. The van der Waals surface area contributed by atoms with Crippen molar-refractivity contribution in [1.29, 1.82) is 0 Å². The summed E-state index contributed by atoms with van der Waals surface area (Å²) < 4.78 is 10.5. The molecule has 38 heavy (non-hydrogen) atoms. The molecule has 12 heteroatoms. The maximum absolute atomic E-state index is 10.6. The van der Waals surface area contributed by atoms with Gasteiger partial charge in [0.15, 0.2) is 6.20 Å². The van der Waals surface area contributed by atoms with Gasteiger partial charge in [0.1, 0.15) is 5.82 Å². The van der Waals surface area contributed by atoms with Gasteiger partial charge >= 0.3 is 5.82 Å². The van der Waals surface area contributed by atoms with Crippen LogP contribution in [0.5, 0.6) is 0 Å². The van der Waals surface area contributed by atoms with E-state index < -0.39 is 4.92 Å².